The normalized spacial score (nSPS) is 10.6. The molecule has 1 N–H and O–H groups in total. The first-order valence-electron chi connectivity index (χ1n) is 7.19. The highest BCUT2D eigenvalue weighted by Crippen LogP contribution is 2.11. The van der Waals surface area contributed by atoms with Crippen LogP contribution in [0.15, 0.2) is 36.5 Å². The van der Waals surface area contributed by atoms with Crippen molar-refractivity contribution in [2.24, 2.45) is 0 Å². The van der Waals surface area contributed by atoms with Crippen LogP contribution in [0.4, 0.5) is 0 Å². The number of amides is 1. The Hall–Kier alpha value is -2.14. The average molecular weight is 286 g/mol. The van der Waals surface area contributed by atoms with Crippen molar-refractivity contribution in [3.8, 4) is 5.69 Å². The number of hydrogen-bond acceptors (Lipinski definition) is 3. The Labute approximate surface area is 125 Å². The monoisotopic (exact) mass is 286 g/mol. The lowest BCUT2D eigenvalue weighted by atomic mass is 10.2. The van der Waals surface area contributed by atoms with E-state index < -0.39 is 0 Å². The van der Waals surface area contributed by atoms with Gasteiger partial charge >= 0.3 is 0 Å². The maximum atomic E-state index is 11.9. The van der Waals surface area contributed by atoms with Crippen LogP contribution in [0.25, 0.3) is 5.69 Å². The number of carbonyl (C=O) groups excluding carboxylic acids is 1. The highest BCUT2D eigenvalue weighted by molar-refractivity contribution is 5.91. The number of hydrogen-bond donors (Lipinski definition) is 1. The molecule has 1 aromatic heterocycles. The van der Waals surface area contributed by atoms with Crippen LogP contribution in [0.3, 0.4) is 0 Å². The molecule has 5 nitrogen and oxygen atoms in total. The largest absolute Gasteiger partial charge is 0.343 e. The van der Waals surface area contributed by atoms with Gasteiger partial charge in [0.1, 0.15) is 0 Å². The molecule has 1 aromatic carbocycles. The van der Waals surface area contributed by atoms with Crippen molar-refractivity contribution in [2.45, 2.75) is 19.9 Å². The molecular formula is C16H22N4O. The van der Waals surface area contributed by atoms with Crippen molar-refractivity contribution in [2.75, 3.05) is 20.6 Å². The molecule has 112 valence electrons. The maximum absolute atomic E-state index is 11.9. The molecule has 1 heterocycles. The van der Waals surface area contributed by atoms with Crippen LogP contribution in [-0.2, 0) is 6.54 Å². The van der Waals surface area contributed by atoms with E-state index in [0.29, 0.717) is 5.69 Å². The van der Waals surface area contributed by atoms with E-state index in [9.17, 15) is 4.79 Å². The summed E-state index contributed by atoms with van der Waals surface area (Å²) in [6.07, 6.45) is 2.93. The third-order valence-corrected chi connectivity index (χ3v) is 3.15. The summed E-state index contributed by atoms with van der Waals surface area (Å²) in [5, 5.41) is 7.72. The third kappa shape index (κ3) is 3.92. The maximum Gasteiger partial charge on any atom is 0.273 e. The molecule has 0 aliphatic rings. The first kappa shape index (κ1) is 15.3. The summed E-state index contributed by atoms with van der Waals surface area (Å²) in [6, 6.07) is 9.90. The van der Waals surface area contributed by atoms with Crippen molar-refractivity contribution in [3.05, 3.63) is 47.8 Å². The van der Waals surface area contributed by atoms with Crippen molar-refractivity contribution in [1.29, 1.82) is 0 Å². The molecule has 2 rings (SSSR count). The summed E-state index contributed by atoms with van der Waals surface area (Å²) in [5.74, 6) is -0.0884. The molecule has 0 bridgehead atoms. The fourth-order valence-corrected chi connectivity index (χ4v) is 2.03. The fraction of sp³-hybridized carbons (Fsp3) is 0.375. The topological polar surface area (TPSA) is 50.2 Å². The predicted octanol–water partition coefficient (Wildman–Crippen LogP) is 2.07. The molecule has 0 fully saturated rings. The van der Waals surface area contributed by atoms with Crippen LogP contribution >= 0.6 is 0 Å². The van der Waals surface area contributed by atoms with Gasteiger partial charge in [-0.25, -0.2) is 4.68 Å². The summed E-state index contributed by atoms with van der Waals surface area (Å²) in [5.41, 5.74) is 2.62. The lowest BCUT2D eigenvalue weighted by Gasteiger charge is -2.08. The minimum atomic E-state index is -0.0884. The Morgan fingerprint density at radius 1 is 1.33 bits per heavy atom. The summed E-state index contributed by atoms with van der Waals surface area (Å²) in [4.78, 5) is 13.4. The summed E-state index contributed by atoms with van der Waals surface area (Å²) in [7, 11) is 3.45. The smallest absolute Gasteiger partial charge is 0.273 e. The number of aromatic nitrogens is 2. The Kier molecular flexibility index (Phi) is 5.11. The van der Waals surface area contributed by atoms with Crippen LogP contribution in [-0.4, -0.2) is 41.2 Å². The van der Waals surface area contributed by atoms with Gasteiger partial charge in [-0.2, -0.15) is 5.10 Å². The molecule has 0 unspecified atom stereocenters. The van der Waals surface area contributed by atoms with E-state index >= 15 is 0 Å². The van der Waals surface area contributed by atoms with E-state index in [0.717, 1.165) is 25.2 Å². The van der Waals surface area contributed by atoms with Crippen molar-refractivity contribution in [1.82, 2.24) is 20.0 Å². The van der Waals surface area contributed by atoms with Crippen LogP contribution < -0.4 is 5.32 Å². The average Bonchev–Trinajstić information content (AvgIpc) is 2.97. The molecule has 5 heteroatoms. The molecule has 21 heavy (non-hydrogen) atoms. The van der Waals surface area contributed by atoms with Gasteiger partial charge in [0.2, 0.25) is 0 Å². The van der Waals surface area contributed by atoms with E-state index in [-0.39, 0.29) is 5.91 Å². The second kappa shape index (κ2) is 7.04. The summed E-state index contributed by atoms with van der Waals surface area (Å²) < 4.78 is 1.74. The Bertz CT molecular complexity index is 604. The van der Waals surface area contributed by atoms with Gasteiger partial charge in [0.15, 0.2) is 5.69 Å². The Balaban J connectivity index is 2.15. The number of rotatable bonds is 6. The number of benzene rings is 1. The first-order valence-corrected chi connectivity index (χ1v) is 7.19. The van der Waals surface area contributed by atoms with Gasteiger partial charge < -0.3 is 10.2 Å². The highest BCUT2D eigenvalue weighted by atomic mass is 16.2. The van der Waals surface area contributed by atoms with Gasteiger partial charge in [-0.1, -0.05) is 19.1 Å². The van der Waals surface area contributed by atoms with Gasteiger partial charge in [0.25, 0.3) is 5.91 Å². The molecule has 0 atom stereocenters. The minimum Gasteiger partial charge on any atom is -0.343 e. The van der Waals surface area contributed by atoms with Gasteiger partial charge in [-0.15, -0.1) is 0 Å². The van der Waals surface area contributed by atoms with E-state index in [1.807, 2.05) is 18.3 Å². The Morgan fingerprint density at radius 2 is 2.14 bits per heavy atom. The van der Waals surface area contributed by atoms with Gasteiger partial charge in [0, 0.05) is 26.8 Å². The lowest BCUT2D eigenvalue weighted by Crippen LogP contribution is -2.22. The minimum absolute atomic E-state index is 0.0884. The van der Waals surface area contributed by atoms with Crippen molar-refractivity contribution >= 4 is 5.91 Å². The number of nitrogens with zero attached hydrogens (tertiary/aromatic N) is 3. The van der Waals surface area contributed by atoms with Crippen LogP contribution in [0.5, 0.6) is 0 Å². The van der Waals surface area contributed by atoms with Crippen molar-refractivity contribution in [3.63, 3.8) is 0 Å². The molecule has 0 saturated heterocycles. The quantitative estimate of drug-likeness (QED) is 0.827. The second-order valence-corrected chi connectivity index (χ2v) is 5.19. The van der Waals surface area contributed by atoms with Gasteiger partial charge in [-0.3, -0.25) is 4.79 Å². The van der Waals surface area contributed by atoms with Crippen LogP contribution in [0.1, 0.15) is 29.4 Å². The first-order chi connectivity index (χ1) is 10.1. The molecule has 0 aliphatic carbocycles. The Morgan fingerprint density at radius 3 is 2.86 bits per heavy atom. The third-order valence-electron chi connectivity index (χ3n) is 3.15. The van der Waals surface area contributed by atoms with Crippen LogP contribution in [0, 0.1) is 0 Å². The van der Waals surface area contributed by atoms with E-state index in [4.69, 9.17) is 0 Å². The lowest BCUT2D eigenvalue weighted by molar-refractivity contribution is 0.0821. The molecule has 1 amide bonds. The predicted molar refractivity (Wildman–Crippen MR) is 83.6 cm³/mol. The molecule has 0 aliphatic heterocycles. The summed E-state index contributed by atoms with van der Waals surface area (Å²) >= 11 is 0. The second-order valence-electron chi connectivity index (χ2n) is 5.19. The SMILES string of the molecule is CCCNCc1cccc(-n2ccc(C(=O)N(C)C)n2)c1. The number of carbonyl (C=O) groups is 1. The molecule has 0 radical (unpaired) electrons. The zero-order valence-electron chi connectivity index (χ0n) is 12.8. The van der Waals surface area contributed by atoms with E-state index in [1.165, 1.54) is 10.5 Å². The molecule has 0 saturated carbocycles. The number of nitrogens with one attached hydrogen (secondary N) is 1. The van der Waals surface area contributed by atoms with E-state index in [1.54, 1.807) is 24.8 Å². The zero-order valence-corrected chi connectivity index (χ0v) is 12.8. The van der Waals surface area contributed by atoms with Crippen LogP contribution in [0.2, 0.25) is 0 Å². The fourth-order valence-electron chi connectivity index (χ4n) is 2.03. The van der Waals surface area contributed by atoms with Gasteiger partial charge in [0.05, 0.1) is 5.69 Å². The van der Waals surface area contributed by atoms with E-state index in [2.05, 4.69) is 29.5 Å². The van der Waals surface area contributed by atoms with Gasteiger partial charge in [-0.05, 0) is 36.7 Å². The zero-order chi connectivity index (χ0) is 15.2. The highest BCUT2D eigenvalue weighted by Gasteiger charge is 2.11. The van der Waals surface area contributed by atoms with Crippen molar-refractivity contribution < 1.29 is 4.79 Å². The summed E-state index contributed by atoms with van der Waals surface area (Å²) in [6.45, 7) is 4.00. The molecular weight excluding hydrogens is 264 g/mol. The molecule has 2 aromatic rings. The molecule has 0 spiro atoms. The standard InChI is InChI=1S/C16H22N4O/c1-4-9-17-12-13-6-5-7-14(11-13)20-10-8-15(18-20)16(21)19(2)3/h5-8,10-11,17H,4,9,12H2,1-3H3.